The summed E-state index contributed by atoms with van der Waals surface area (Å²) in [6.07, 6.45) is 4.83. The summed E-state index contributed by atoms with van der Waals surface area (Å²) in [5.41, 5.74) is 0.273. The number of rotatable bonds is 8. The van der Waals surface area contributed by atoms with Gasteiger partial charge in [0, 0.05) is 24.6 Å². The van der Waals surface area contributed by atoms with Crippen LogP contribution in [0.1, 0.15) is 32.6 Å². The van der Waals surface area contributed by atoms with Gasteiger partial charge in [0.05, 0.1) is 6.61 Å². The third-order valence-electron chi connectivity index (χ3n) is 2.50. The van der Waals surface area contributed by atoms with Crippen molar-refractivity contribution in [3.63, 3.8) is 0 Å². The van der Waals surface area contributed by atoms with Crippen LogP contribution in [0, 0.1) is 0 Å². The van der Waals surface area contributed by atoms with Crippen LogP contribution < -0.4 is 5.32 Å². The summed E-state index contributed by atoms with van der Waals surface area (Å²) in [5, 5.41) is 3.44. The quantitative estimate of drug-likeness (QED) is 0.485. The highest BCUT2D eigenvalue weighted by atomic mass is 35.5. The lowest BCUT2D eigenvalue weighted by atomic mass is 10.3. The van der Waals surface area contributed by atoms with Gasteiger partial charge in [-0.1, -0.05) is 13.3 Å². The largest absolute Gasteiger partial charge is 0.380 e. The minimum Gasteiger partial charge on any atom is -0.380 e. The molecule has 0 bridgehead atoms. The van der Waals surface area contributed by atoms with Crippen LogP contribution in [0.5, 0.6) is 0 Å². The minimum absolute atomic E-state index is 0.273. The van der Waals surface area contributed by atoms with E-state index < -0.39 is 0 Å². The Hall–Kier alpha value is 0.210. The average molecular weight is 206 g/mol. The van der Waals surface area contributed by atoms with Crippen LogP contribution in [-0.2, 0) is 4.74 Å². The van der Waals surface area contributed by atoms with Gasteiger partial charge in [0.25, 0.3) is 0 Å². The Kier molecular flexibility index (Phi) is 5.07. The van der Waals surface area contributed by atoms with Gasteiger partial charge in [-0.15, -0.1) is 11.6 Å². The second kappa shape index (κ2) is 5.84. The molecule has 1 fully saturated rings. The zero-order valence-corrected chi connectivity index (χ0v) is 9.20. The first-order valence-corrected chi connectivity index (χ1v) is 5.75. The SMILES string of the molecule is CCCCOCCNC1(CCl)CC1. The molecule has 0 aromatic carbocycles. The molecule has 1 aliphatic carbocycles. The molecular formula is C10H20ClNO. The third-order valence-corrected chi connectivity index (χ3v) is 3.01. The predicted octanol–water partition coefficient (Wildman–Crippen LogP) is 2.16. The van der Waals surface area contributed by atoms with Gasteiger partial charge < -0.3 is 10.1 Å². The maximum Gasteiger partial charge on any atom is 0.0591 e. The Labute approximate surface area is 86.0 Å². The van der Waals surface area contributed by atoms with Crippen LogP contribution in [-0.4, -0.2) is 31.2 Å². The molecule has 0 amide bonds. The number of halogens is 1. The van der Waals surface area contributed by atoms with Crippen molar-refractivity contribution in [2.75, 3.05) is 25.6 Å². The summed E-state index contributed by atoms with van der Waals surface area (Å²) >= 11 is 5.81. The highest BCUT2D eigenvalue weighted by molar-refractivity contribution is 6.18. The summed E-state index contributed by atoms with van der Waals surface area (Å²) < 4.78 is 5.44. The predicted molar refractivity (Wildman–Crippen MR) is 56.4 cm³/mol. The van der Waals surface area contributed by atoms with Crippen molar-refractivity contribution in [1.29, 1.82) is 0 Å². The fourth-order valence-electron chi connectivity index (χ4n) is 1.25. The van der Waals surface area contributed by atoms with E-state index in [-0.39, 0.29) is 5.54 Å². The van der Waals surface area contributed by atoms with Gasteiger partial charge in [0.15, 0.2) is 0 Å². The summed E-state index contributed by atoms with van der Waals surface area (Å²) in [5.74, 6) is 0.738. The van der Waals surface area contributed by atoms with Crippen molar-refractivity contribution in [3.05, 3.63) is 0 Å². The van der Waals surface area contributed by atoms with Gasteiger partial charge in [-0.25, -0.2) is 0 Å². The molecule has 1 saturated carbocycles. The van der Waals surface area contributed by atoms with E-state index in [4.69, 9.17) is 16.3 Å². The van der Waals surface area contributed by atoms with Gasteiger partial charge >= 0.3 is 0 Å². The van der Waals surface area contributed by atoms with Crippen LogP contribution in [0.3, 0.4) is 0 Å². The van der Waals surface area contributed by atoms with E-state index >= 15 is 0 Å². The van der Waals surface area contributed by atoms with Crippen LogP contribution in [0.15, 0.2) is 0 Å². The van der Waals surface area contributed by atoms with Crippen LogP contribution in [0.4, 0.5) is 0 Å². The molecule has 2 nitrogen and oxygen atoms in total. The minimum atomic E-state index is 0.273. The zero-order chi connectivity index (χ0) is 9.57. The molecule has 0 saturated heterocycles. The molecular weight excluding hydrogens is 186 g/mol. The number of alkyl halides is 1. The second-order valence-electron chi connectivity index (χ2n) is 3.81. The van der Waals surface area contributed by atoms with E-state index in [0.717, 1.165) is 25.6 Å². The third kappa shape index (κ3) is 4.30. The smallest absolute Gasteiger partial charge is 0.0591 e. The number of unbranched alkanes of at least 4 members (excludes halogenated alkanes) is 1. The van der Waals surface area contributed by atoms with Crippen LogP contribution in [0.2, 0.25) is 0 Å². The van der Waals surface area contributed by atoms with Crippen molar-refractivity contribution in [1.82, 2.24) is 5.32 Å². The lowest BCUT2D eigenvalue weighted by molar-refractivity contribution is 0.130. The molecule has 0 heterocycles. The highest BCUT2D eigenvalue weighted by Gasteiger charge is 2.40. The molecule has 0 unspecified atom stereocenters. The fraction of sp³-hybridized carbons (Fsp3) is 1.00. The summed E-state index contributed by atoms with van der Waals surface area (Å²) in [4.78, 5) is 0. The first-order valence-electron chi connectivity index (χ1n) is 5.22. The summed E-state index contributed by atoms with van der Waals surface area (Å²) in [7, 11) is 0. The Morgan fingerprint density at radius 1 is 1.38 bits per heavy atom. The molecule has 0 radical (unpaired) electrons. The van der Waals surface area contributed by atoms with Gasteiger partial charge in [-0.05, 0) is 19.3 Å². The molecule has 1 rings (SSSR count). The molecule has 13 heavy (non-hydrogen) atoms. The first kappa shape index (κ1) is 11.3. The summed E-state index contributed by atoms with van der Waals surface area (Å²) in [6.45, 7) is 4.83. The van der Waals surface area contributed by atoms with E-state index in [1.54, 1.807) is 0 Å². The molecule has 3 heteroatoms. The van der Waals surface area contributed by atoms with Crippen LogP contribution in [0.25, 0.3) is 0 Å². The van der Waals surface area contributed by atoms with Gasteiger partial charge in [0.2, 0.25) is 0 Å². The average Bonchev–Trinajstić information content (AvgIpc) is 2.92. The molecule has 1 aliphatic rings. The maximum absolute atomic E-state index is 5.81. The van der Waals surface area contributed by atoms with Crippen LogP contribution >= 0.6 is 11.6 Å². The van der Waals surface area contributed by atoms with E-state index in [1.165, 1.54) is 25.7 Å². The molecule has 0 spiro atoms. The van der Waals surface area contributed by atoms with Crippen molar-refractivity contribution in [3.8, 4) is 0 Å². The van der Waals surface area contributed by atoms with E-state index in [2.05, 4.69) is 12.2 Å². The highest BCUT2D eigenvalue weighted by Crippen LogP contribution is 2.35. The zero-order valence-electron chi connectivity index (χ0n) is 8.44. The molecule has 0 aromatic rings. The lowest BCUT2D eigenvalue weighted by Crippen LogP contribution is -2.35. The standard InChI is InChI=1S/C10H20ClNO/c1-2-3-7-13-8-6-12-10(9-11)4-5-10/h12H,2-9H2,1H3. The maximum atomic E-state index is 5.81. The fourth-order valence-corrected chi connectivity index (χ4v) is 1.61. The number of hydrogen-bond donors (Lipinski definition) is 1. The Balaban J connectivity index is 1.84. The monoisotopic (exact) mass is 205 g/mol. The number of ether oxygens (including phenoxy) is 1. The van der Waals surface area contributed by atoms with Crippen molar-refractivity contribution >= 4 is 11.6 Å². The van der Waals surface area contributed by atoms with E-state index in [1.807, 2.05) is 0 Å². The Morgan fingerprint density at radius 3 is 2.69 bits per heavy atom. The number of nitrogens with one attached hydrogen (secondary N) is 1. The lowest BCUT2D eigenvalue weighted by Gasteiger charge is -2.13. The van der Waals surface area contributed by atoms with Gasteiger partial charge in [-0.2, -0.15) is 0 Å². The van der Waals surface area contributed by atoms with Crippen molar-refractivity contribution < 1.29 is 4.74 Å². The molecule has 1 N–H and O–H groups in total. The van der Waals surface area contributed by atoms with E-state index in [9.17, 15) is 0 Å². The second-order valence-corrected chi connectivity index (χ2v) is 4.07. The summed E-state index contributed by atoms with van der Waals surface area (Å²) in [6, 6.07) is 0. The molecule has 0 atom stereocenters. The van der Waals surface area contributed by atoms with Crippen molar-refractivity contribution in [2.45, 2.75) is 38.1 Å². The Morgan fingerprint density at radius 2 is 2.15 bits per heavy atom. The molecule has 0 aromatic heterocycles. The molecule has 78 valence electrons. The molecule has 0 aliphatic heterocycles. The van der Waals surface area contributed by atoms with Crippen molar-refractivity contribution in [2.24, 2.45) is 0 Å². The first-order chi connectivity index (χ1) is 6.33. The normalized spacial score (nSPS) is 18.9. The number of hydrogen-bond acceptors (Lipinski definition) is 2. The Bertz CT molecular complexity index is 137. The topological polar surface area (TPSA) is 21.3 Å². The van der Waals surface area contributed by atoms with Gasteiger partial charge in [0.1, 0.15) is 0 Å². The van der Waals surface area contributed by atoms with E-state index in [0.29, 0.717) is 0 Å². The van der Waals surface area contributed by atoms with Gasteiger partial charge in [-0.3, -0.25) is 0 Å².